The van der Waals surface area contributed by atoms with E-state index >= 15 is 0 Å². The van der Waals surface area contributed by atoms with Crippen LogP contribution in [0.1, 0.15) is 63.9 Å². The summed E-state index contributed by atoms with van der Waals surface area (Å²) in [5.41, 5.74) is 2.09. The Hall–Kier alpha value is -2.66. The van der Waals surface area contributed by atoms with Crippen molar-refractivity contribution in [2.45, 2.75) is 59.4 Å². The number of aromatic nitrogens is 2. The van der Waals surface area contributed by atoms with Crippen LogP contribution in [0.25, 0.3) is 16.6 Å². The second-order valence-corrected chi connectivity index (χ2v) is 8.36. The van der Waals surface area contributed by atoms with Gasteiger partial charge in [-0.2, -0.15) is 0 Å². The Labute approximate surface area is 188 Å². The molecule has 1 aromatic heterocycles. The van der Waals surface area contributed by atoms with Crippen LogP contribution in [0.5, 0.6) is 0 Å². The summed E-state index contributed by atoms with van der Waals surface area (Å²) in [6.45, 7) is 8.63. The number of unbranched alkanes of at least 4 members (excludes halogenated alkanes) is 1. The molecule has 1 heterocycles. The maximum atomic E-state index is 13.6. The number of carbonyl (C=O) groups is 1. The molecule has 0 spiro atoms. The largest absolute Gasteiger partial charge is 0.333 e. The number of nitrogens with zero attached hydrogens (tertiary/aromatic N) is 3. The Morgan fingerprint density at radius 3 is 2.58 bits per heavy atom. The molecule has 1 amide bonds. The summed E-state index contributed by atoms with van der Waals surface area (Å²) < 4.78 is 1.65. The van der Waals surface area contributed by atoms with Crippen LogP contribution in [-0.2, 0) is 4.79 Å². The van der Waals surface area contributed by atoms with Crippen LogP contribution < -0.4 is 5.56 Å². The van der Waals surface area contributed by atoms with Crippen LogP contribution in [-0.4, -0.2) is 26.9 Å². The highest BCUT2D eigenvalue weighted by molar-refractivity contribution is 6.30. The Bertz CT molecular complexity index is 1140. The van der Waals surface area contributed by atoms with Gasteiger partial charge >= 0.3 is 0 Å². The zero-order chi connectivity index (χ0) is 22.5. The van der Waals surface area contributed by atoms with E-state index in [4.69, 9.17) is 16.6 Å². The van der Waals surface area contributed by atoms with Crippen molar-refractivity contribution >= 4 is 28.4 Å². The highest BCUT2D eigenvalue weighted by Gasteiger charge is 2.26. The van der Waals surface area contributed by atoms with Crippen molar-refractivity contribution < 1.29 is 4.79 Å². The average molecular weight is 440 g/mol. The Morgan fingerprint density at radius 2 is 1.90 bits per heavy atom. The molecule has 0 N–H and O–H groups in total. The topological polar surface area (TPSA) is 55.2 Å². The molecule has 0 saturated carbocycles. The number of hydrogen-bond acceptors (Lipinski definition) is 3. The Balaban J connectivity index is 2.24. The summed E-state index contributed by atoms with van der Waals surface area (Å²) in [6, 6.07) is 12.4. The van der Waals surface area contributed by atoms with Gasteiger partial charge in [-0.3, -0.25) is 14.2 Å². The van der Waals surface area contributed by atoms with E-state index in [1.54, 1.807) is 16.7 Å². The number of rotatable bonds is 8. The van der Waals surface area contributed by atoms with Crippen molar-refractivity contribution in [3.63, 3.8) is 0 Å². The molecule has 1 unspecified atom stereocenters. The lowest BCUT2D eigenvalue weighted by Gasteiger charge is -2.30. The molecule has 0 aliphatic rings. The first-order valence-corrected chi connectivity index (χ1v) is 11.3. The van der Waals surface area contributed by atoms with Crippen LogP contribution in [0.3, 0.4) is 0 Å². The van der Waals surface area contributed by atoms with Crippen LogP contribution in [0, 0.1) is 6.92 Å². The summed E-state index contributed by atoms with van der Waals surface area (Å²) in [4.78, 5) is 33.3. The molecule has 0 aliphatic carbocycles. The van der Waals surface area contributed by atoms with Crippen LogP contribution in [0.2, 0.25) is 5.02 Å². The predicted octanol–water partition coefficient (Wildman–Crippen LogP) is 5.84. The van der Waals surface area contributed by atoms with Gasteiger partial charge in [-0.1, -0.05) is 44.0 Å². The van der Waals surface area contributed by atoms with Crippen molar-refractivity contribution in [1.82, 2.24) is 14.5 Å². The van der Waals surface area contributed by atoms with Gasteiger partial charge in [-0.25, -0.2) is 4.98 Å². The maximum Gasteiger partial charge on any atom is 0.266 e. The minimum absolute atomic E-state index is 0.0954. The molecule has 3 rings (SSSR count). The second-order valence-electron chi connectivity index (χ2n) is 7.93. The molecular formula is C25H30ClN3O2. The monoisotopic (exact) mass is 439 g/mol. The third kappa shape index (κ3) is 4.82. The van der Waals surface area contributed by atoms with Gasteiger partial charge in [0.15, 0.2) is 0 Å². The van der Waals surface area contributed by atoms with Gasteiger partial charge in [0, 0.05) is 18.0 Å². The van der Waals surface area contributed by atoms with E-state index in [-0.39, 0.29) is 17.5 Å². The molecule has 3 aromatic rings. The number of para-hydroxylation sites is 1. The average Bonchev–Trinajstić information content (AvgIpc) is 2.76. The van der Waals surface area contributed by atoms with Crippen LogP contribution in [0.15, 0.2) is 47.3 Å². The first-order chi connectivity index (χ1) is 14.9. The van der Waals surface area contributed by atoms with E-state index in [1.165, 1.54) is 0 Å². The molecule has 5 nitrogen and oxygen atoms in total. The quantitative estimate of drug-likeness (QED) is 0.443. The molecule has 0 bridgehead atoms. The number of fused-ring (bicyclic) bond motifs is 1. The van der Waals surface area contributed by atoms with Gasteiger partial charge in [0.2, 0.25) is 5.91 Å². The molecule has 164 valence electrons. The van der Waals surface area contributed by atoms with E-state index in [0.29, 0.717) is 34.7 Å². The summed E-state index contributed by atoms with van der Waals surface area (Å²) in [6.07, 6.45) is 3.14. The van der Waals surface area contributed by atoms with Crippen molar-refractivity contribution in [1.29, 1.82) is 0 Å². The summed E-state index contributed by atoms with van der Waals surface area (Å²) in [7, 11) is 0. The smallest absolute Gasteiger partial charge is 0.266 e. The standard InChI is InChI=1S/C25H30ClN3O2/c1-5-7-12-23(30)28(15-6-2)18(4)24-27-21-11-9-8-10-20(21)25(31)29(24)22-14-13-19(26)16-17(22)3/h8-11,13-14,16,18H,5-7,12,15H2,1-4H3. The summed E-state index contributed by atoms with van der Waals surface area (Å²) in [5, 5.41) is 1.16. The predicted molar refractivity (Wildman–Crippen MR) is 127 cm³/mol. The van der Waals surface area contributed by atoms with Gasteiger partial charge in [0.1, 0.15) is 5.82 Å². The minimum Gasteiger partial charge on any atom is -0.333 e. The zero-order valence-electron chi connectivity index (χ0n) is 18.7. The Kier molecular flexibility index (Phi) is 7.50. The minimum atomic E-state index is -0.350. The van der Waals surface area contributed by atoms with E-state index in [9.17, 15) is 9.59 Å². The fraction of sp³-hybridized carbons (Fsp3) is 0.400. The normalized spacial score (nSPS) is 12.2. The molecule has 31 heavy (non-hydrogen) atoms. The molecule has 2 aromatic carbocycles. The van der Waals surface area contributed by atoms with Gasteiger partial charge in [0.25, 0.3) is 5.56 Å². The fourth-order valence-electron chi connectivity index (χ4n) is 3.92. The first-order valence-electron chi connectivity index (χ1n) is 11.0. The highest BCUT2D eigenvalue weighted by atomic mass is 35.5. The summed E-state index contributed by atoms with van der Waals surface area (Å²) >= 11 is 6.17. The van der Waals surface area contributed by atoms with E-state index in [0.717, 1.165) is 30.5 Å². The third-order valence-electron chi connectivity index (χ3n) is 5.57. The number of hydrogen-bond donors (Lipinski definition) is 0. The lowest BCUT2D eigenvalue weighted by Crippen LogP contribution is -2.38. The SMILES string of the molecule is CCCCC(=O)N(CCC)C(C)c1nc2ccccc2c(=O)n1-c1ccc(Cl)cc1C. The van der Waals surface area contributed by atoms with Gasteiger partial charge in [-0.05, 0) is 62.6 Å². The number of amides is 1. The lowest BCUT2D eigenvalue weighted by atomic mass is 10.1. The maximum absolute atomic E-state index is 13.6. The summed E-state index contributed by atoms with van der Waals surface area (Å²) in [5.74, 6) is 0.658. The second kappa shape index (κ2) is 10.1. The van der Waals surface area contributed by atoms with Crippen LogP contribution >= 0.6 is 11.6 Å². The molecular weight excluding hydrogens is 410 g/mol. The van der Waals surface area contributed by atoms with Crippen LogP contribution in [0.4, 0.5) is 0 Å². The number of carbonyl (C=O) groups excluding carboxylic acids is 1. The van der Waals surface area contributed by atoms with Crippen molar-refractivity contribution in [3.05, 3.63) is 69.2 Å². The van der Waals surface area contributed by atoms with Crippen molar-refractivity contribution in [2.24, 2.45) is 0 Å². The molecule has 1 atom stereocenters. The van der Waals surface area contributed by atoms with Crippen molar-refractivity contribution in [2.75, 3.05) is 6.54 Å². The van der Waals surface area contributed by atoms with E-state index < -0.39 is 0 Å². The molecule has 0 radical (unpaired) electrons. The van der Waals surface area contributed by atoms with Crippen molar-refractivity contribution in [3.8, 4) is 5.69 Å². The number of aryl methyl sites for hydroxylation is 1. The number of benzene rings is 2. The zero-order valence-corrected chi connectivity index (χ0v) is 19.4. The highest BCUT2D eigenvalue weighted by Crippen LogP contribution is 2.26. The van der Waals surface area contributed by atoms with E-state index in [2.05, 4.69) is 13.8 Å². The third-order valence-corrected chi connectivity index (χ3v) is 5.81. The van der Waals surface area contributed by atoms with Gasteiger partial charge in [0.05, 0.1) is 22.6 Å². The molecule has 0 saturated heterocycles. The lowest BCUT2D eigenvalue weighted by molar-refractivity contribution is -0.133. The molecule has 6 heteroatoms. The molecule has 0 aliphatic heterocycles. The van der Waals surface area contributed by atoms with Gasteiger partial charge < -0.3 is 4.90 Å². The molecule has 0 fully saturated rings. The van der Waals surface area contributed by atoms with E-state index in [1.807, 2.05) is 49.1 Å². The fourth-order valence-corrected chi connectivity index (χ4v) is 4.15. The number of halogens is 1. The van der Waals surface area contributed by atoms with Gasteiger partial charge in [-0.15, -0.1) is 0 Å². The first kappa shape index (κ1) is 23.0. The Morgan fingerprint density at radius 1 is 1.16 bits per heavy atom.